The molecule has 0 fully saturated rings. The molecule has 2 N–H and O–H groups in total. The topological polar surface area (TPSA) is 46.3 Å². The van der Waals surface area contributed by atoms with Crippen molar-refractivity contribution in [1.29, 1.82) is 0 Å². The lowest BCUT2D eigenvalue weighted by Crippen LogP contribution is -2.39. The van der Waals surface area contributed by atoms with Crippen molar-refractivity contribution in [2.45, 2.75) is 39.7 Å². The zero-order chi connectivity index (χ0) is 14.3. The summed E-state index contributed by atoms with van der Waals surface area (Å²) in [6.07, 6.45) is 2.15. The molecule has 0 heterocycles. The quantitative estimate of drug-likeness (QED) is 0.821. The third-order valence-electron chi connectivity index (χ3n) is 3.59. The van der Waals surface area contributed by atoms with E-state index in [1.165, 1.54) is 0 Å². The fourth-order valence-electron chi connectivity index (χ4n) is 2.18. The van der Waals surface area contributed by atoms with Gasteiger partial charge >= 0.3 is 0 Å². The summed E-state index contributed by atoms with van der Waals surface area (Å²) in [7, 11) is 0. The second-order valence-corrected chi connectivity index (χ2v) is 5.00. The normalized spacial score (nSPS) is 13.9. The molecule has 0 aliphatic heterocycles. The SMILES string of the molecule is CCCCN(CC)C(=O)C(C)C(N)c1ccccc1. The maximum Gasteiger partial charge on any atom is 0.227 e. The summed E-state index contributed by atoms with van der Waals surface area (Å²) in [5.74, 6) is -0.0218. The van der Waals surface area contributed by atoms with Gasteiger partial charge in [0.15, 0.2) is 0 Å². The number of nitrogens with two attached hydrogens (primary N) is 1. The number of carbonyl (C=O) groups is 1. The Balaban J connectivity index is 2.69. The number of unbranched alkanes of at least 4 members (excludes halogenated alkanes) is 1. The molecule has 0 aromatic heterocycles. The van der Waals surface area contributed by atoms with Crippen molar-refractivity contribution < 1.29 is 4.79 Å². The highest BCUT2D eigenvalue weighted by Gasteiger charge is 2.25. The number of carbonyl (C=O) groups excluding carboxylic acids is 1. The van der Waals surface area contributed by atoms with E-state index in [2.05, 4.69) is 6.92 Å². The van der Waals surface area contributed by atoms with Crippen molar-refractivity contribution in [3.63, 3.8) is 0 Å². The first-order valence-electron chi connectivity index (χ1n) is 7.21. The minimum absolute atomic E-state index is 0.160. The van der Waals surface area contributed by atoms with Crippen LogP contribution in [0.4, 0.5) is 0 Å². The molecule has 106 valence electrons. The molecule has 2 unspecified atom stereocenters. The Hall–Kier alpha value is -1.35. The minimum atomic E-state index is -0.232. The van der Waals surface area contributed by atoms with Crippen molar-refractivity contribution in [1.82, 2.24) is 4.90 Å². The zero-order valence-corrected chi connectivity index (χ0v) is 12.3. The summed E-state index contributed by atoms with van der Waals surface area (Å²) in [6, 6.07) is 9.61. The molecular weight excluding hydrogens is 236 g/mol. The van der Waals surface area contributed by atoms with Gasteiger partial charge in [-0.1, -0.05) is 50.6 Å². The maximum absolute atomic E-state index is 12.4. The Bertz CT molecular complexity index is 378. The lowest BCUT2D eigenvalue weighted by atomic mass is 9.94. The van der Waals surface area contributed by atoms with Gasteiger partial charge in [0.1, 0.15) is 0 Å². The van der Waals surface area contributed by atoms with E-state index in [0.717, 1.165) is 31.5 Å². The summed E-state index contributed by atoms with van der Waals surface area (Å²) < 4.78 is 0. The first kappa shape index (κ1) is 15.7. The molecule has 0 aliphatic carbocycles. The Morgan fingerprint density at radius 2 is 1.89 bits per heavy atom. The van der Waals surface area contributed by atoms with Crippen LogP contribution < -0.4 is 5.73 Å². The summed E-state index contributed by atoms with van der Waals surface area (Å²) in [5, 5.41) is 0. The molecule has 0 radical (unpaired) electrons. The Morgan fingerprint density at radius 3 is 2.42 bits per heavy atom. The summed E-state index contributed by atoms with van der Waals surface area (Å²) in [4.78, 5) is 14.4. The third kappa shape index (κ3) is 4.35. The van der Waals surface area contributed by atoms with Crippen LogP contribution in [0.1, 0.15) is 45.2 Å². The molecular formula is C16H26N2O. The number of nitrogens with zero attached hydrogens (tertiary/aromatic N) is 1. The van der Waals surface area contributed by atoms with Gasteiger partial charge in [-0.15, -0.1) is 0 Å². The molecule has 0 spiro atoms. The summed E-state index contributed by atoms with van der Waals surface area (Å²) in [5.41, 5.74) is 7.24. The highest BCUT2D eigenvalue weighted by atomic mass is 16.2. The van der Waals surface area contributed by atoms with E-state index >= 15 is 0 Å². The molecule has 1 aromatic rings. The fourth-order valence-corrected chi connectivity index (χ4v) is 2.18. The molecule has 1 amide bonds. The van der Waals surface area contributed by atoms with Gasteiger partial charge in [-0.05, 0) is 18.9 Å². The van der Waals surface area contributed by atoms with Crippen LogP contribution in [0.3, 0.4) is 0 Å². The molecule has 1 aromatic carbocycles. The molecule has 3 nitrogen and oxygen atoms in total. The second-order valence-electron chi connectivity index (χ2n) is 5.00. The molecule has 0 aliphatic rings. The van der Waals surface area contributed by atoms with E-state index in [1.807, 2.05) is 49.1 Å². The molecule has 1 rings (SSSR count). The van der Waals surface area contributed by atoms with E-state index in [0.29, 0.717) is 0 Å². The average Bonchev–Trinajstić information content (AvgIpc) is 2.47. The van der Waals surface area contributed by atoms with Gasteiger partial charge in [0.2, 0.25) is 5.91 Å². The fraction of sp³-hybridized carbons (Fsp3) is 0.562. The van der Waals surface area contributed by atoms with Crippen molar-refractivity contribution in [3.8, 4) is 0 Å². The number of hydrogen-bond acceptors (Lipinski definition) is 2. The van der Waals surface area contributed by atoms with Crippen molar-refractivity contribution in [2.24, 2.45) is 11.7 Å². The van der Waals surface area contributed by atoms with Crippen LogP contribution in [0.2, 0.25) is 0 Å². The van der Waals surface area contributed by atoms with Crippen LogP contribution in [0.5, 0.6) is 0 Å². The maximum atomic E-state index is 12.4. The molecule has 0 saturated carbocycles. The minimum Gasteiger partial charge on any atom is -0.343 e. The van der Waals surface area contributed by atoms with Crippen LogP contribution >= 0.6 is 0 Å². The first-order chi connectivity index (χ1) is 9.11. The van der Waals surface area contributed by atoms with Gasteiger partial charge < -0.3 is 10.6 Å². The zero-order valence-electron chi connectivity index (χ0n) is 12.3. The van der Waals surface area contributed by atoms with Gasteiger partial charge in [-0.25, -0.2) is 0 Å². The number of rotatable bonds is 7. The van der Waals surface area contributed by atoms with Crippen molar-refractivity contribution in [2.75, 3.05) is 13.1 Å². The largest absolute Gasteiger partial charge is 0.343 e. The highest BCUT2D eigenvalue weighted by Crippen LogP contribution is 2.21. The van der Waals surface area contributed by atoms with Crippen LogP contribution in [0.15, 0.2) is 30.3 Å². The van der Waals surface area contributed by atoms with E-state index in [9.17, 15) is 4.79 Å². The van der Waals surface area contributed by atoms with Crippen LogP contribution in [-0.2, 0) is 4.79 Å². The predicted molar refractivity (Wildman–Crippen MR) is 79.7 cm³/mol. The Kier molecular flexibility index (Phi) is 6.57. The van der Waals surface area contributed by atoms with E-state index in [4.69, 9.17) is 5.73 Å². The standard InChI is InChI=1S/C16H26N2O/c1-4-6-12-18(5-2)16(19)13(3)15(17)14-10-8-7-9-11-14/h7-11,13,15H,4-6,12,17H2,1-3H3. The van der Waals surface area contributed by atoms with Crippen LogP contribution in [0.25, 0.3) is 0 Å². The monoisotopic (exact) mass is 262 g/mol. The molecule has 19 heavy (non-hydrogen) atoms. The highest BCUT2D eigenvalue weighted by molar-refractivity contribution is 5.79. The second kappa shape index (κ2) is 7.95. The molecule has 2 atom stereocenters. The summed E-state index contributed by atoms with van der Waals surface area (Å²) >= 11 is 0. The van der Waals surface area contributed by atoms with E-state index in [-0.39, 0.29) is 17.9 Å². The average molecular weight is 262 g/mol. The molecule has 3 heteroatoms. The lowest BCUT2D eigenvalue weighted by molar-refractivity contribution is -0.135. The first-order valence-corrected chi connectivity index (χ1v) is 7.21. The number of benzene rings is 1. The van der Waals surface area contributed by atoms with Crippen LogP contribution in [-0.4, -0.2) is 23.9 Å². The van der Waals surface area contributed by atoms with Crippen molar-refractivity contribution >= 4 is 5.91 Å². The van der Waals surface area contributed by atoms with Crippen LogP contribution in [0, 0.1) is 5.92 Å². The van der Waals surface area contributed by atoms with Gasteiger partial charge in [0.05, 0.1) is 5.92 Å². The van der Waals surface area contributed by atoms with Crippen molar-refractivity contribution in [3.05, 3.63) is 35.9 Å². The van der Waals surface area contributed by atoms with Gasteiger partial charge in [-0.2, -0.15) is 0 Å². The number of hydrogen-bond donors (Lipinski definition) is 1. The number of amides is 1. The predicted octanol–water partition coefficient (Wildman–Crippen LogP) is 2.97. The Morgan fingerprint density at radius 1 is 1.26 bits per heavy atom. The van der Waals surface area contributed by atoms with E-state index in [1.54, 1.807) is 0 Å². The van der Waals surface area contributed by atoms with Gasteiger partial charge in [0, 0.05) is 19.1 Å². The summed E-state index contributed by atoms with van der Waals surface area (Å²) in [6.45, 7) is 7.67. The smallest absolute Gasteiger partial charge is 0.227 e. The van der Waals surface area contributed by atoms with Gasteiger partial charge in [0.25, 0.3) is 0 Å². The third-order valence-corrected chi connectivity index (χ3v) is 3.59. The van der Waals surface area contributed by atoms with Gasteiger partial charge in [-0.3, -0.25) is 4.79 Å². The molecule has 0 bridgehead atoms. The Labute approximate surface area is 116 Å². The van der Waals surface area contributed by atoms with E-state index < -0.39 is 0 Å². The molecule has 0 saturated heterocycles. The lowest BCUT2D eigenvalue weighted by Gasteiger charge is -2.27.